The van der Waals surface area contributed by atoms with Gasteiger partial charge in [0, 0.05) is 31.7 Å². The Hall–Kier alpha value is -2.40. The lowest BCUT2D eigenvalue weighted by Gasteiger charge is -2.17. The summed E-state index contributed by atoms with van der Waals surface area (Å²) in [6.07, 6.45) is 4.39. The Kier molecular flexibility index (Phi) is 6.11. The Labute approximate surface area is 137 Å². The maximum Gasteiger partial charge on any atom is 0.259 e. The number of benzene rings is 1. The first kappa shape index (κ1) is 17.0. The smallest absolute Gasteiger partial charge is 0.259 e. The van der Waals surface area contributed by atoms with Crippen molar-refractivity contribution in [3.8, 4) is 0 Å². The summed E-state index contributed by atoms with van der Waals surface area (Å²) in [5, 5.41) is 3.31. The Morgan fingerprint density at radius 3 is 2.57 bits per heavy atom. The van der Waals surface area contributed by atoms with Crippen LogP contribution in [0.15, 0.2) is 48.8 Å². The van der Waals surface area contributed by atoms with Crippen LogP contribution in [0.3, 0.4) is 0 Å². The van der Waals surface area contributed by atoms with Gasteiger partial charge in [0.15, 0.2) is 0 Å². The topological polar surface area (TPSA) is 48.5 Å². The molecular formula is C18H24N4O. The maximum absolute atomic E-state index is 12.6. The van der Waals surface area contributed by atoms with Gasteiger partial charge in [-0.1, -0.05) is 18.2 Å². The minimum Gasteiger partial charge on any atom is -0.384 e. The summed E-state index contributed by atoms with van der Waals surface area (Å²) in [5.74, 6) is -0.0689. The molecule has 1 aromatic carbocycles. The van der Waals surface area contributed by atoms with Crippen LogP contribution in [0.25, 0.3) is 0 Å². The molecule has 0 unspecified atom stereocenters. The number of nitrogens with zero attached hydrogens (tertiary/aromatic N) is 3. The molecule has 2 rings (SSSR count). The van der Waals surface area contributed by atoms with Gasteiger partial charge in [-0.25, -0.2) is 0 Å². The van der Waals surface area contributed by atoms with Crippen molar-refractivity contribution in [3.63, 3.8) is 0 Å². The summed E-state index contributed by atoms with van der Waals surface area (Å²) in [5.41, 5.74) is 2.31. The van der Waals surface area contributed by atoms with E-state index in [2.05, 4.69) is 29.3 Å². The lowest BCUT2D eigenvalue weighted by molar-refractivity contribution is 0.0992. The van der Waals surface area contributed by atoms with Crippen LogP contribution < -0.4 is 10.2 Å². The standard InChI is InChI=1S/C18H24N4O/c1-21(2)11-7-10-20-16-12-15(13-19-14-16)18(23)22(3)17-8-5-4-6-9-17/h4-6,8-9,12-14,20H,7,10-11H2,1-3H3. The highest BCUT2D eigenvalue weighted by Crippen LogP contribution is 2.16. The van der Waals surface area contributed by atoms with E-state index < -0.39 is 0 Å². The number of hydrogen-bond donors (Lipinski definition) is 1. The Balaban J connectivity index is 2.00. The second kappa shape index (κ2) is 8.29. The molecule has 0 aliphatic rings. The summed E-state index contributed by atoms with van der Waals surface area (Å²) in [7, 11) is 5.88. The van der Waals surface area contributed by atoms with Crippen molar-refractivity contribution in [1.82, 2.24) is 9.88 Å². The van der Waals surface area contributed by atoms with Crippen molar-refractivity contribution in [2.45, 2.75) is 6.42 Å². The third-order valence-electron chi connectivity index (χ3n) is 3.54. The van der Waals surface area contributed by atoms with Crippen molar-refractivity contribution in [2.24, 2.45) is 0 Å². The number of carbonyl (C=O) groups excluding carboxylic acids is 1. The van der Waals surface area contributed by atoms with Crippen LogP contribution in [0.1, 0.15) is 16.8 Å². The molecule has 0 aliphatic heterocycles. The van der Waals surface area contributed by atoms with Crippen LogP contribution in [0.4, 0.5) is 11.4 Å². The van der Waals surface area contributed by atoms with Gasteiger partial charge in [0.2, 0.25) is 0 Å². The van der Waals surface area contributed by atoms with Gasteiger partial charge >= 0.3 is 0 Å². The number of pyridine rings is 1. The molecule has 1 heterocycles. The van der Waals surface area contributed by atoms with Gasteiger partial charge < -0.3 is 15.1 Å². The molecule has 1 aromatic heterocycles. The van der Waals surface area contributed by atoms with Gasteiger partial charge in [0.1, 0.15) is 0 Å². The first-order valence-corrected chi connectivity index (χ1v) is 7.74. The quantitative estimate of drug-likeness (QED) is 0.799. The van der Waals surface area contributed by atoms with E-state index in [1.807, 2.05) is 36.4 Å². The Morgan fingerprint density at radius 2 is 1.87 bits per heavy atom. The predicted octanol–water partition coefficient (Wildman–Crippen LogP) is 2.72. The van der Waals surface area contributed by atoms with Crippen LogP contribution >= 0.6 is 0 Å². The van der Waals surface area contributed by atoms with Gasteiger partial charge in [0.25, 0.3) is 5.91 Å². The van der Waals surface area contributed by atoms with Crippen LogP contribution in [0.2, 0.25) is 0 Å². The zero-order chi connectivity index (χ0) is 16.7. The summed E-state index contributed by atoms with van der Waals surface area (Å²) < 4.78 is 0. The molecular weight excluding hydrogens is 288 g/mol. The van der Waals surface area contributed by atoms with E-state index in [0.717, 1.165) is 30.9 Å². The number of rotatable bonds is 7. The monoisotopic (exact) mass is 312 g/mol. The van der Waals surface area contributed by atoms with Crippen molar-refractivity contribution < 1.29 is 4.79 Å². The average molecular weight is 312 g/mol. The minimum atomic E-state index is -0.0689. The largest absolute Gasteiger partial charge is 0.384 e. The number of carbonyl (C=O) groups is 1. The Bertz CT molecular complexity index is 628. The zero-order valence-electron chi connectivity index (χ0n) is 14.0. The van der Waals surface area contributed by atoms with Crippen LogP contribution in [-0.4, -0.2) is 50.0 Å². The molecule has 23 heavy (non-hydrogen) atoms. The fourth-order valence-electron chi connectivity index (χ4n) is 2.24. The maximum atomic E-state index is 12.6. The summed E-state index contributed by atoms with van der Waals surface area (Å²) in [6.45, 7) is 1.88. The molecule has 0 saturated heterocycles. The van der Waals surface area contributed by atoms with E-state index in [4.69, 9.17) is 0 Å². The van der Waals surface area contributed by atoms with E-state index in [-0.39, 0.29) is 5.91 Å². The van der Waals surface area contributed by atoms with Gasteiger partial charge in [-0.3, -0.25) is 9.78 Å². The number of nitrogens with one attached hydrogen (secondary N) is 1. The SMILES string of the molecule is CN(C)CCCNc1cncc(C(=O)N(C)c2ccccc2)c1. The molecule has 5 nitrogen and oxygen atoms in total. The number of aromatic nitrogens is 1. The summed E-state index contributed by atoms with van der Waals surface area (Å²) >= 11 is 0. The molecule has 0 radical (unpaired) electrons. The molecule has 0 aliphatic carbocycles. The zero-order valence-corrected chi connectivity index (χ0v) is 14.0. The first-order valence-electron chi connectivity index (χ1n) is 7.74. The normalized spacial score (nSPS) is 10.6. The minimum absolute atomic E-state index is 0.0689. The number of amides is 1. The molecule has 0 fully saturated rings. The first-order chi connectivity index (χ1) is 11.1. The highest BCUT2D eigenvalue weighted by molar-refractivity contribution is 6.05. The molecule has 0 spiro atoms. The van der Waals surface area contributed by atoms with Gasteiger partial charge in [-0.2, -0.15) is 0 Å². The number of hydrogen-bond acceptors (Lipinski definition) is 4. The van der Waals surface area contributed by atoms with Crippen molar-refractivity contribution >= 4 is 17.3 Å². The van der Waals surface area contributed by atoms with E-state index in [0.29, 0.717) is 5.56 Å². The van der Waals surface area contributed by atoms with Gasteiger partial charge in [0.05, 0.1) is 11.3 Å². The van der Waals surface area contributed by atoms with Crippen LogP contribution in [0, 0.1) is 0 Å². The van der Waals surface area contributed by atoms with Gasteiger partial charge in [-0.15, -0.1) is 0 Å². The third kappa shape index (κ3) is 5.07. The van der Waals surface area contributed by atoms with E-state index in [1.165, 1.54) is 0 Å². The molecule has 2 aromatic rings. The lowest BCUT2D eigenvalue weighted by atomic mass is 10.2. The highest BCUT2D eigenvalue weighted by Gasteiger charge is 2.14. The Morgan fingerprint density at radius 1 is 1.13 bits per heavy atom. The number of anilines is 2. The molecule has 122 valence electrons. The summed E-state index contributed by atoms with van der Waals surface area (Å²) in [4.78, 5) is 20.5. The van der Waals surface area contributed by atoms with Crippen molar-refractivity contribution in [3.05, 3.63) is 54.4 Å². The predicted molar refractivity (Wildman–Crippen MR) is 95.1 cm³/mol. The van der Waals surface area contributed by atoms with E-state index in [9.17, 15) is 4.79 Å². The second-order valence-electron chi connectivity index (χ2n) is 5.75. The fraction of sp³-hybridized carbons (Fsp3) is 0.333. The molecule has 1 N–H and O–H groups in total. The molecule has 1 amide bonds. The summed E-state index contributed by atoms with van der Waals surface area (Å²) in [6, 6.07) is 11.4. The highest BCUT2D eigenvalue weighted by atomic mass is 16.2. The molecule has 0 atom stereocenters. The van der Waals surface area contributed by atoms with Crippen LogP contribution in [-0.2, 0) is 0 Å². The second-order valence-corrected chi connectivity index (χ2v) is 5.75. The molecule has 0 bridgehead atoms. The van der Waals surface area contributed by atoms with E-state index in [1.54, 1.807) is 24.3 Å². The molecule has 0 saturated carbocycles. The van der Waals surface area contributed by atoms with Crippen molar-refractivity contribution in [1.29, 1.82) is 0 Å². The average Bonchev–Trinajstić information content (AvgIpc) is 2.58. The van der Waals surface area contributed by atoms with Crippen molar-refractivity contribution in [2.75, 3.05) is 44.4 Å². The lowest BCUT2D eigenvalue weighted by Crippen LogP contribution is -2.26. The van der Waals surface area contributed by atoms with Gasteiger partial charge in [-0.05, 0) is 45.3 Å². The number of para-hydroxylation sites is 1. The van der Waals surface area contributed by atoms with Crippen LogP contribution in [0.5, 0.6) is 0 Å². The fourth-order valence-corrected chi connectivity index (χ4v) is 2.24. The third-order valence-corrected chi connectivity index (χ3v) is 3.54. The van der Waals surface area contributed by atoms with E-state index >= 15 is 0 Å². The molecule has 5 heteroatoms.